The molecule has 0 radical (unpaired) electrons. The number of carbonyl (C=O) groups is 1. The summed E-state index contributed by atoms with van der Waals surface area (Å²) >= 11 is 3.45. The number of nitrogens with zero attached hydrogens (tertiary/aromatic N) is 1. The number of hydrazine groups is 1. The molecule has 0 aliphatic rings. The van der Waals surface area contributed by atoms with Crippen molar-refractivity contribution in [1.82, 2.24) is 9.99 Å². The Bertz CT molecular complexity index is 563. The monoisotopic (exact) mass is 293 g/mol. The molecule has 0 bridgehead atoms. The van der Waals surface area contributed by atoms with Gasteiger partial charge in [0.15, 0.2) is 0 Å². The minimum Gasteiger partial charge on any atom is -0.312 e. The van der Waals surface area contributed by atoms with Gasteiger partial charge < -0.3 is 4.57 Å². The van der Waals surface area contributed by atoms with Crippen LogP contribution < -0.4 is 11.3 Å². The normalized spacial score (nSPS) is 10.3. The van der Waals surface area contributed by atoms with E-state index in [-0.39, 0.29) is 5.91 Å². The van der Waals surface area contributed by atoms with Crippen LogP contribution in [-0.2, 0) is 0 Å². The van der Waals surface area contributed by atoms with Gasteiger partial charge in [-0.1, -0.05) is 15.9 Å². The topological polar surface area (TPSA) is 60.0 Å². The summed E-state index contributed by atoms with van der Waals surface area (Å²) in [6.45, 7) is 2.00. The van der Waals surface area contributed by atoms with Gasteiger partial charge in [0.1, 0.15) is 5.69 Å². The van der Waals surface area contributed by atoms with Crippen LogP contribution in [0.3, 0.4) is 0 Å². The Hall–Kier alpha value is -1.59. The van der Waals surface area contributed by atoms with E-state index in [2.05, 4.69) is 21.4 Å². The van der Waals surface area contributed by atoms with E-state index >= 15 is 0 Å². The predicted octanol–water partition coefficient (Wildman–Crippen LogP) is 2.15. The molecule has 0 atom stereocenters. The number of carbonyl (C=O) groups excluding carboxylic acids is 1. The van der Waals surface area contributed by atoms with Crippen molar-refractivity contribution in [3.05, 3.63) is 52.3 Å². The molecule has 0 fully saturated rings. The van der Waals surface area contributed by atoms with Gasteiger partial charge in [0, 0.05) is 16.4 Å². The first-order valence-electron chi connectivity index (χ1n) is 5.08. The van der Waals surface area contributed by atoms with Crippen molar-refractivity contribution in [2.24, 2.45) is 5.84 Å². The summed E-state index contributed by atoms with van der Waals surface area (Å²) in [6, 6.07) is 9.41. The van der Waals surface area contributed by atoms with Gasteiger partial charge >= 0.3 is 0 Å². The van der Waals surface area contributed by atoms with Crippen LogP contribution in [0.2, 0.25) is 0 Å². The second-order valence-corrected chi connectivity index (χ2v) is 4.52. The van der Waals surface area contributed by atoms with E-state index in [9.17, 15) is 4.79 Å². The molecule has 3 N–H and O–H groups in total. The summed E-state index contributed by atoms with van der Waals surface area (Å²) in [5, 5.41) is 0. The Balaban J connectivity index is 2.50. The lowest BCUT2D eigenvalue weighted by Crippen LogP contribution is -2.31. The van der Waals surface area contributed by atoms with Gasteiger partial charge in [0.2, 0.25) is 0 Å². The van der Waals surface area contributed by atoms with Gasteiger partial charge in [0.05, 0.1) is 0 Å². The molecule has 2 rings (SSSR count). The minimum absolute atomic E-state index is 0.310. The predicted molar refractivity (Wildman–Crippen MR) is 69.9 cm³/mol. The highest BCUT2D eigenvalue weighted by Gasteiger charge is 2.10. The van der Waals surface area contributed by atoms with Crippen LogP contribution >= 0.6 is 15.9 Å². The highest BCUT2D eigenvalue weighted by atomic mass is 79.9. The fourth-order valence-electron chi connectivity index (χ4n) is 1.64. The SMILES string of the molecule is Cc1cc(-n2cccc2C(=O)NN)ccc1Br. The average Bonchev–Trinajstić information content (AvgIpc) is 2.80. The van der Waals surface area contributed by atoms with Crippen LogP contribution in [0.1, 0.15) is 16.1 Å². The highest BCUT2D eigenvalue weighted by molar-refractivity contribution is 9.10. The molecule has 0 spiro atoms. The van der Waals surface area contributed by atoms with E-state index in [1.165, 1.54) is 0 Å². The van der Waals surface area contributed by atoms with Crippen molar-refractivity contribution in [3.63, 3.8) is 0 Å². The van der Waals surface area contributed by atoms with Crippen molar-refractivity contribution in [1.29, 1.82) is 0 Å². The molecule has 5 heteroatoms. The summed E-state index contributed by atoms with van der Waals surface area (Å²) in [7, 11) is 0. The molecule has 0 aliphatic heterocycles. The zero-order chi connectivity index (χ0) is 12.4. The zero-order valence-electron chi connectivity index (χ0n) is 9.27. The number of aromatic nitrogens is 1. The van der Waals surface area contributed by atoms with Gasteiger partial charge in [-0.15, -0.1) is 0 Å². The van der Waals surface area contributed by atoms with Crippen LogP contribution in [0.4, 0.5) is 0 Å². The number of aryl methyl sites for hydroxylation is 1. The van der Waals surface area contributed by atoms with E-state index in [1.54, 1.807) is 10.6 Å². The Kier molecular flexibility index (Phi) is 3.31. The molecule has 1 aromatic carbocycles. The number of nitrogens with two attached hydrogens (primary N) is 1. The molecular formula is C12H12BrN3O. The number of nitrogens with one attached hydrogen (secondary N) is 1. The maximum Gasteiger partial charge on any atom is 0.282 e. The zero-order valence-corrected chi connectivity index (χ0v) is 10.9. The molecular weight excluding hydrogens is 282 g/mol. The molecule has 0 aliphatic carbocycles. The quantitative estimate of drug-likeness (QED) is 0.506. The maximum absolute atomic E-state index is 11.6. The molecule has 2 aromatic rings. The fourth-order valence-corrected chi connectivity index (χ4v) is 1.89. The molecule has 1 heterocycles. The number of nitrogen functional groups attached to an aromatic ring is 1. The van der Waals surface area contributed by atoms with Crippen LogP contribution in [-0.4, -0.2) is 10.5 Å². The van der Waals surface area contributed by atoms with Crippen LogP contribution in [0, 0.1) is 6.92 Å². The van der Waals surface area contributed by atoms with E-state index < -0.39 is 0 Å². The van der Waals surface area contributed by atoms with Crippen molar-refractivity contribution < 1.29 is 4.79 Å². The third kappa shape index (κ3) is 2.25. The Labute approximate surface area is 108 Å². The molecule has 0 unspecified atom stereocenters. The first-order valence-corrected chi connectivity index (χ1v) is 5.87. The smallest absolute Gasteiger partial charge is 0.282 e. The summed E-state index contributed by atoms with van der Waals surface area (Å²) in [6.07, 6.45) is 1.83. The summed E-state index contributed by atoms with van der Waals surface area (Å²) in [5.41, 5.74) is 4.68. The van der Waals surface area contributed by atoms with E-state index in [0.29, 0.717) is 5.69 Å². The average molecular weight is 294 g/mol. The van der Waals surface area contributed by atoms with Crippen LogP contribution in [0.25, 0.3) is 5.69 Å². The molecule has 17 heavy (non-hydrogen) atoms. The van der Waals surface area contributed by atoms with Gasteiger partial charge in [0.25, 0.3) is 5.91 Å². The lowest BCUT2D eigenvalue weighted by atomic mass is 10.2. The number of halogens is 1. The molecule has 1 aromatic heterocycles. The molecule has 1 amide bonds. The van der Waals surface area contributed by atoms with E-state index in [1.807, 2.05) is 37.4 Å². The Morgan fingerprint density at radius 2 is 2.18 bits per heavy atom. The van der Waals surface area contributed by atoms with Gasteiger partial charge in [-0.3, -0.25) is 10.2 Å². The Morgan fingerprint density at radius 1 is 1.41 bits per heavy atom. The van der Waals surface area contributed by atoms with Crippen molar-refractivity contribution in [2.45, 2.75) is 6.92 Å². The lowest BCUT2D eigenvalue weighted by Gasteiger charge is -2.09. The second kappa shape index (κ2) is 4.73. The molecule has 0 saturated heterocycles. The van der Waals surface area contributed by atoms with Crippen LogP contribution in [0.5, 0.6) is 0 Å². The number of hydrogen-bond acceptors (Lipinski definition) is 2. The first kappa shape index (κ1) is 11.9. The van der Waals surface area contributed by atoms with Crippen LogP contribution in [0.15, 0.2) is 41.0 Å². The first-order chi connectivity index (χ1) is 8.13. The van der Waals surface area contributed by atoms with Gasteiger partial charge in [-0.2, -0.15) is 0 Å². The summed E-state index contributed by atoms with van der Waals surface area (Å²) < 4.78 is 2.83. The largest absolute Gasteiger partial charge is 0.312 e. The van der Waals surface area contributed by atoms with E-state index in [4.69, 9.17) is 5.84 Å². The van der Waals surface area contributed by atoms with Gasteiger partial charge in [-0.05, 0) is 42.8 Å². The fraction of sp³-hybridized carbons (Fsp3) is 0.0833. The lowest BCUT2D eigenvalue weighted by molar-refractivity contribution is 0.0947. The van der Waals surface area contributed by atoms with Crippen molar-refractivity contribution in [2.75, 3.05) is 0 Å². The number of rotatable bonds is 2. The number of amides is 1. The molecule has 0 saturated carbocycles. The summed E-state index contributed by atoms with van der Waals surface area (Å²) in [4.78, 5) is 11.6. The standard InChI is InChI=1S/C12H12BrN3O/c1-8-7-9(4-5-10(8)13)16-6-2-3-11(16)12(17)15-14/h2-7H,14H2,1H3,(H,15,17). The van der Waals surface area contributed by atoms with Crippen molar-refractivity contribution in [3.8, 4) is 5.69 Å². The minimum atomic E-state index is -0.310. The third-order valence-corrected chi connectivity index (χ3v) is 3.42. The Morgan fingerprint density at radius 3 is 2.82 bits per heavy atom. The van der Waals surface area contributed by atoms with Gasteiger partial charge in [-0.25, -0.2) is 5.84 Å². The summed E-state index contributed by atoms with van der Waals surface area (Å²) in [5.74, 6) is 4.83. The number of benzene rings is 1. The van der Waals surface area contributed by atoms with E-state index in [0.717, 1.165) is 15.7 Å². The second-order valence-electron chi connectivity index (χ2n) is 3.67. The maximum atomic E-state index is 11.6. The molecule has 4 nitrogen and oxygen atoms in total. The highest BCUT2D eigenvalue weighted by Crippen LogP contribution is 2.20. The van der Waals surface area contributed by atoms with Crippen molar-refractivity contribution >= 4 is 21.8 Å². The third-order valence-electron chi connectivity index (χ3n) is 2.53. The molecule has 88 valence electrons. The number of hydrogen-bond donors (Lipinski definition) is 2.